The van der Waals surface area contributed by atoms with E-state index in [4.69, 9.17) is 4.98 Å². The Bertz CT molecular complexity index is 1140. The van der Waals surface area contributed by atoms with Crippen molar-refractivity contribution in [3.05, 3.63) is 81.3 Å². The van der Waals surface area contributed by atoms with Gasteiger partial charge in [-0.25, -0.2) is 9.78 Å². The zero-order valence-corrected chi connectivity index (χ0v) is 19.3. The molecular formula is C27H28N2O3S. The third-order valence-electron chi connectivity index (χ3n) is 6.00. The molecule has 1 saturated carbocycles. The molecule has 0 saturated heterocycles. The summed E-state index contributed by atoms with van der Waals surface area (Å²) in [6, 6.07) is 14.2. The van der Waals surface area contributed by atoms with E-state index in [2.05, 4.69) is 10.7 Å². The minimum Gasteiger partial charge on any atom is -0.478 e. The highest BCUT2D eigenvalue weighted by molar-refractivity contribution is 7.10. The van der Waals surface area contributed by atoms with E-state index in [1.54, 1.807) is 29.5 Å². The van der Waals surface area contributed by atoms with E-state index in [1.165, 1.54) is 50.3 Å². The predicted octanol–water partition coefficient (Wildman–Crippen LogP) is 6.63. The maximum absolute atomic E-state index is 12.5. The number of carbonyl (C=O) groups is 2. The van der Waals surface area contributed by atoms with E-state index >= 15 is 0 Å². The molecule has 33 heavy (non-hydrogen) atoms. The number of anilines is 1. The molecule has 1 aromatic heterocycles. The third kappa shape index (κ3) is 6.39. The number of carboxylic acid groups (broad SMARTS) is 1. The second-order valence-electron chi connectivity index (χ2n) is 8.45. The number of carbonyl (C=O) groups excluding carboxylic acids is 1. The normalized spacial score (nSPS) is 14.8. The van der Waals surface area contributed by atoms with E-state index < -0.39 is 5.97 Å². The Balaban J connectivity index is 1.38. The average molecular weight is 461 g/mol. The summed E-state index contributed by atoms with van der Waals surface area (Å²) in [6.07, 6.45) is 11.8. The SMILES string of the molecule is O=C(Cc1ccccc1C(=O)O)Nc1cccc(/C=C/c2nc(C3CCCCCC3)cs2)c1. The average Bonchev–Trinajstić information content (AvgIpc) is 3.11. The van der Waals surface area contributed by atoms with Crippen molar-refractivity contribution >= 4 is 41.1 Å². The van der Waals surface area contributed by atoms with Gasteiger partial charge in [0.05, 0.1) is 17.7 Å². The molecule has 170 valence electrons. The molecule has 1 aliphatic carbocycles. The summed E-state index contributed by atoms with van der Waals surface area (Å²) in [6.45, 7) is 0. The topological polar surface area (TPSA) is 79.3 Å². The van der Waals surface area contributed by atoms with Crippen molar-refractivity contribution in [2.75, 3.05) is 5.32 Å². The maximum Gasteiger partial charge on any atom is 0.335 e. The molecule has 4 rings (SSSR count). The van der Waals surface area contributed by atoms with Crippen LogP contribution >= 0.6 is 11.3 Å². The van der Waals surface area contributed by atoms with Crippen molar-refractivity contribution in [1.82, 2.24) is 4.98 Å². The summed E-state index contributed by atoms with van der Waals surface area (Å²) >= 11 is 1.67. The fraction of sp³-hybridized carbons (Fsp3) is 0.296. The number of thiazole rings is 1. The van der Waals surface area contributed by atoms with Crippen molar-refractivity contribution in [3.8, 4) is 0 Å². The lowest BCUT2D eigenvalue weighted by atomic mass is 9.98. The number of benzene rings is 2. The number of carboxylic acids is 1. The van der Waals surface area contributed by atoms with E-state index in [-0.39, 0.29) is 17.9 Å². The quantitative estimate of drug-likeness (QED) is 0.388. The molecule has 5 nitrogen and oxygen atoms in total. The lowest BCUT2D eigenvalue weighted by molar-refractivity contribution is -0.115. The summed E-state index contributed by atoms with van der Waals surface area (Å²) in [4.78, 5) is 28.7. The van der Waals surface area contributed by atoms with Gasteiger partial charge in [0.1, 0.15) is 5.01 Å². The molecule has 1 fully saturated rings. The standard InChI is InChI=1S/C27H28N2O3S/c30-25(17-21-11-5-6-13-23(21)27(31)32)28-22-12-7-8-19(16-22)14-15-26-29-24(18-33-26)20-9-3-1-2-4-10-20/h5-8,11-16,18,20H,1-4,9-10,17H2,(H,28,30)(H,31,32)/b15-14+. The van der Waals surface area contributed by atoms with Crippen LogP contribution in [0.25, 0.3) is 12.2 Å². The molecule has 0 bridgehead atoms. The van der Waals surface area contributed by atoms with Gasteiger partial charge in [-0.1, -0.05) is 62.1 Å². The van der Waals surface area contributed by atoms with Crippen LogP contribution in [-0.4, -0.2) is 22.0 Å². The third-order valence-corrected chi connectivity index (χ3v) is 6.83. The van der Waals surface area contributed by atoms with Gasteiger partial charge >= 0.3 is 5.97 Å². The smallest absolute Gasteiger partial charge is 0.335 e. The van der Waals surface area contributed by atoms with E-state index in [9.17, 15) is 14.7 Å². The number of nitrogens with zero attached hydrogens (tertiary/aromatic N) is 1. The van der Waals surface area contributed by atoms with Crippen LogP contribution in [0.3, 0.4) is 0 Å². The van der Waals surface area contributed by atoms with Crippen molar-refractivity contribution in [2.24, 2.45) is 0 Å². The van der Waals surface area contributed by atoms with Crippen LogP contribution in [0.2, 0.25) is 0 Å². The number of nitrogens with one attached hydrogen (secondary N) is 1. The predicted molar refractivity (Wildman–Crippen MR) is 134 cm³/mol. The minimum absolute atomic E-state index is 0.00555. The van der Waals surface area contributed by atoms with Crippen LogP contribution in [0.4, 0.5) is 5.69 Å². The molecule has 1 heterocycles. The summed E-state index contributed by atoms with van der Waals surface area (Å²) in [5.74, 6) is -0.691. The number of amides is 1. The van der Waals surface area contributed by atoms with Gasteiger partial charge in [0.25, 0.3) is 0 Å². The first kappa shape index (κ1) is 22.9. The maximum atomic E-state index is 12.5. The van der Waals surface area contributed by atoms with Crippen molar-refractivity contribution in [2.45, 2.75) is 50.9 Å². The molecule has 0 aliphatic heterocycles. The van der Waals surface area contributed by atoms with Gasteiger partial charge in [-0.3, -0.25) is 4.79 Å². The van der Waals surface area contributed by atoms with Gasteiger partial charge in [0, 0.05) is 17.0 Å². The van der Waals surface area contributed by atoms with Gasteiger partial charge in [-0.2, -0.15) is 0 Å². The molecule has 3 aromatic rings. The van der Waals surface area contributed by atoms with Gasteiger partial charge < -0.3 is 10.4 Å². The van der Waals surface area contributed by atoms with Crippen LogP contribution in [0, 0.1) is 0 Å². The Morgan fingerprint density at radius 3 is 2.61 bits per heavy atom. The number of aromatic nitrogens is 1. The Morgan fingerprint density at radius 1 is 1.03 bits per heavy atom. The summed E-state index contributed by atoms with van der Waals surface area (Å²) in [5.41, 5.74) is 3.50. The molecule has 2 N–H and O–H groups in total. The first-order valence-corrected chi connectivity index (χ1v) is 12.3. The summed E-state index contributed by atoms with van der Waals surface area (Å²) in [7, 11) is 0. The van der Waals surface area contributed by atoms with Crippen LogP contribution in [0.5, 0.6) is 0 Å². The number of hydrogen-bond donors (Lipinski definition) is 2. The largest absolute Gasteiger partial charge is 0.478 e. The van der Waals surface area contributed by atoms with Crippen LogP contribution in [0.15, 0.2) is 53.9 Å². The Morgan fingerprint density at radius 2 is 1.82 bits per heavy atom. The molecule has 0 unspecified atom stereocenters. The van der Waals surface area contributed by atoms with Gasteiger partial charge in [-0.15, -0.1) is 11.3 Å². The van der Waals surface area contributed by atoms with Gasteiger partial charge in [0.15, 0.2) is 0 Å². The highest BCUT2D eigenvalue weighted by Gasteiger charge is 2.17. The molecule has 6 heteroatoms. The highest BCUT2D eigenvalue weighted by atomic mass is 32.1. The fourth-order valence-corrected chi connectivity index (χ4v) is 5.08. The molecule has 2 aromatic carbocycles. The van der Waals surface area contributed by atoms with Crippen LogP contribution < -0.4 is 5.32 Å². The Labute approximate surface area is 198 Å². The Hall–Kier alpha value is -3.25. The van der Waals surface area contributed by atoms with E-state index in [1.807, 2.05) is 36.4 Å². The van der Waals surface area contributed by atoms with Gasteiger partial charge in [0.2, 0.25) is 5.91 Å². The highest BCUT2D eigenvalue weighted by Crippen LogP contribution is 2.32. The number of hydrogen-bond acceptors (Lipinski definition) is 4. The number of rotatable bonds is 7. The van der Waals surface area contributed by atoms with Crippen molar-refractivity contribution in [3.63, 3.8) is 0 Å². The lowest BCUT2D eigenvalue weighted by Crippen LogP contribution is -2.16. The van der Waals surface area contributed by atoms with E-state index in [0.29, 0.717) is 17.2 Å². The number of aromatic carboxylic acids is 1. The Kier molecular flexibility index (Phi) is 7.68. The fourth-order valence-electron chi connectivity index (χ4n) is 4.29. The molecule has 0 atom stereocenters. The first-order valence-electron chi connectivity index (χ1n) is 11.4. The summed E-state index contributed by atoms with van der Waals surface area (Å²) < 4.78 is 0. The lowest BCUT2D eigenvalue weighted by Gasteiger charge is -2.09. The second kappa shape index (κ2) is 11.1. The second-order valence-corrected chi connectivity index (χ2v) is 9.33. The summed E-state index contributed by atoms with van der Waals surface area (Å²) in [5, 5.41) is 15.4. The van der Waals surface area contributed by atoms with Crippen molar-refractivity contribution < 1.29 is 14.7 Å². The van der Waals surface area contributed by atoms with Crippen molar-refractivity contribution in [1.29, 1.82) is 0 Å². The monoisotopic (exact) mass is 460 g/mol. The van der Waals surface area contributed by atoms with Gasteiger partial charge in [-0.05, 0) is 48.2 Å². The molecule has 1 aliphatic rings. The zero-order chi connectivity index (χ0) is 23.0. The van der Waals surface area contributed by atoms with Crippen LogP contribution in [0.1, 0.15) is 76.6 Å². The minimum atomic E-state index is -1.03. The molecule has 1 amide bonds. The molecular weight excluding hydrogens is 432 g/mol. The first-order chi connectivity index (χ1) is 16.1. The molecule has 0 spiro atoms. The van der Waals surface area contributed by atoms with Crippen LogP contribution in [-0.2, 0) is 11.2 Å². The van der Waals surface area contributed by atoms with E-state index in [0.717, 1.165) is 10.6 Å². The molecule has 0 radical (unpaired) electrons. The zero-order valence-electron chi connectivity index (χ0n) is 18.5.